The topological polar surface area (TPSA) is 51.9 Å². The van der Waals surface area contributed by atoms with Gasteiger partial charge in [-0.05, 0) is 62.3 Å². The van der Waals surface area contributed by atoms with Crippen LogP contribution in [-0.2, 0) is 11.3 Å². The van der Waals surface area contributed by atoms with Crippen molar-refractivity contribution in [3.05, 3.63) is 92.7 Å². The number of rotatable bonds is 5. The maximum absolute atomic E-state index is 12.9. The van der Waals surface area contributed by atoms with Crippen molar-refractivity contribution in [1.82, 2.24) is 14.3 Å². The molecule has 0 fully saturated rings. The monoisotopic (exact) mass is 506 g/mol. The van der Waals surface area contributed by atoms with Gasteiger partial charge in [0.2, 0.25) is 10.7 Å². The van der Waals surface area contributed by atoms with Crippen LogP contribution in [-0.4, -0.2) is 20.3 Å². The number of carbonyl (C=O) groups excluding carboxylic acids is 1. The zero-order valence-electron chi connectivity index (χ0n) is 18.1. The molecule has 0 radical (unpaired) electrons. The lowest BCUT2D eigenvalue weighted by Crippen LogP contribution is -2.21. The lowest BCUT2D eigenvalue weighted by Gasteiger charge is -2.12. The standard InChI is InChI=1S/C25H23BrN4OS/c1-16-13-17(2)23(18(3)14-16)27-22(31)15-29-25(32)30(19-9-5-4-6-10-19)24(28-29)20-11-7-8-12-21(20)26/h4-14H,15H2,1-3H3,(H,27,31). The number of aromatic nitrogens is 3. The first kappa shape index (κ1) is 22.2. The van der Waals surface area contributed by atoms with Gasteiger partial charge in [0.1, 0.15) is 6.54 Å². The molecular formula is C25H23BrN4OS. The molecule has 0 saturated heterocycles. The fraction of sp³-hybridized carbons (Fsp3) is 0.160. The summed E-state index contributed by atoms with van der Waals surface area (Å²) in [6.45, 7) is 6.06. The molecule has 0 aliphatic carbocycles. The van der Waals surface area contributed by atoms with Crippen LogP contribution in [0.5, 0.6) is 0 Å². The average Bonchev–Trinajstić information content (AvgIpc) is 3.07. The van der Waals surface area contributed by atoms with Crippen molar-refractivity contribution in [1.29, 1.82) is 0 Å². The second-order valence-electron chi connectivity index (χ2n) is 7.74. The highest BCUT2D eigenvalue weighted by Crippen LogP contribution is 2.29. The summed E-state index contributed by atoms with van der Waals surface area (Å²) >= 11 is 9.37. The molecule has 0 saturated carbocycles. The zero-order valence-corrected chi connectivity index (χ0v) is 20.5. The molecule has 0 spiro atoms. The van der Waals surface area contributed by atoms with Crippen LogP contribution < -0.4 is 5.32 Å². The zero-order chi connectivity index (χ0) is 22.8. The van der Waals surface area contributed by atoms with E-state index < -0.39 is 0 Å². The summed E-state index contributed by atoms with van der Waals surface area (Å²) < 4.78 is 4.82. The largest absolute Gasteiger partial charge is 0.324 e. The van der Waals surface area contributed by atoms with Gasteiger partial charge in [-0.1, -0.05) is 70.0 Å². The predicted octanol–water partition coefficient (Wildman–Crippen LogP) is 6.40. The highest BCUT2D eigenvalue weighted by molar-refractivity contribution is 9.10. The number of hydrogen-bond acceptors (Lipinski definition) is 3. The fourth-order valence-corrected chi connectivity index (χ4v) is 4.59. The second-order valence-corrected chi connectivity index (χ2v) is 8.96. The summed E-state index contributed by atoms with van der Waals surface area (Å²) in [6, 6.07) is 21.8. The Hall–Kier alpha value is -3.03. The molecule has 5 nitrogen and oxygen atoms in total. The van der Waals surface area contributed by atoms with Crippen molar-refractivity contribution in [3.8, 4) is 17.1 Å². The van der Waals surface area contributed by atoms with E-state index in [0.29, 0.717) is 10.6 Å². The third-order valence-corrected chi connectivity index (χ3v) is 6.29. The van der Waals surface area contributed by atoms with Crippen LogP contribution >= 0.6 is 28.1 Å². The van der Waals surface area contributed by atoms with E-state index in [2.05, 4.69) is 33.4 Å². The van der Waals surface area contributed by atoms with Crippen molar-refractivity contribution in [3.63, 3.8) is 0 Å². The van der Waals surface area contributed by atoms with E-state index in [1.54, 1.807) is 4.68 Å². The van der Waals surface area contributed by atoms with Crippen LogP contribution in [0, 0.1) is 25.5 Å². The van der Waals surface area contributed by atoms with Crippen LogP contribution in [0.2, 0.25) is 0 Å². The summed E-state index contributed by atoms with van der Waals surface area (Å²) in [6.07, 6.45) is 0. The second kappa shape index (κ2) is 9.22. The lowest BCUT2D eigenvalue weighted by molar-refractivity contribution is -0.116. The summed E-state index contributed by atoms with van der Waals surface area (Å²) in [5.74, 6) is 0.497. The molecule has 7 heteroatoms. The minimum Gasteiger partial charge on any atom is -0.324 e. The molecule has 4 rings (SSSR count). The Kier molecular flexibility index (Phi) is 6.39. The average molecular weight is 507 g/mol. The van der Waals surface area contributed by atoms with Crippen LogP contribution in [0.25, 0.3) is 17.1 Å². The smallest absolute Gasteiger partial charge is 0.246 e. The first-order valence-electron chi connectivity index (χ1n) is 10.2. The van der Waals surface area contributed by atoms with Gasteiger partial charge in [0, 0.05) is 21.4 Å². The van der Waals surface area contributed by atoms with E-state index in [1.807, 2.05) is 79.9 Å². The molecule has 1 N–H and O–H groups in total. The van der Waals surface area contributed by atoms with Crippen molar-refractivity contribution < 1.29 is 4.79 Å². The number of nitrogens with zero attached hydrogens (tertiary/aromatic N) is 3. The number of anilines is 1. The molecule has 1 aromatic heterocycles. The van der Waals surface area contributed by atoms with Gasteiger partial charge >= 0.3 is 0 Å². The summed E-state index contributed by atoms with van der Waals surface area (Å²) in [7, 11) is 0. The number of amides is 1. The highest BCUT2D eigenvalue weighted by Gasteiger charge is 2.18. The van der Waals surface area contributed by atoms with Crippen molar-refractivity contribution in [2.24, 2.45) is 0 Å². The van der Waals surface area contributed by atoms with E-state index in [4.69, 9.17) is 17.3 Å². The van der Waals surface area contributed by atoms with Crippen LogP contribution in [0.15, 0.2) is 71.2 Å². The number of halogens is 1. The van der Waals surface area contributed by atoms with Gasteiger partial charge in [0.15, 0.2) is 5.82 Å². The number of aryl methyl sites for hydroxylation is 3. The molecule has 1 amide bonds. The molecule has 162 valence electrons. The van der Waals surface area contributed by atoms with Gasteiger partial charge in [-0.3, -0.25) is 9.36 Å². The van der Waals surface area contributed by atoms with E-state index in [0.717, 1.165) is 32.5 Å². The minimum absolute atomic E-state index is 0.0167. The van der Waals surface area contributed by atoms with Crippen LogP contribution in [0.1, 0.15) is 16.7 Å². The van der Waals surface area contributed by atoms with Gasteiger partial charge in [-0.2, -0.15) is 5.10 Å². The molecule has 0 unspecified atom stereocenters. The maximum atomic E-state index is 12.9. The third-order valence-electron chi connectivity index (χ3n) is 5.20. The van der Waals surface area contributed by atoms with Crippen LogP contribution in [0.3, 0.4) is 0 Å². The molecule has 0 aliphatic heterocycles. The van der Waals surface area contributed by atoms with Gasteiger partial charge in [-0.25, -0.2) is 4.68 Å². The quantitative estimate of drug-likeness (QED) is 0.318. The number of hydrogen-bond donors (Lipinski definition) is 1. The Labute approximate surface area is 200 Å². The molecule has 1 heterocycles. The van der Waals surface area contributed by atoms with Gasteiger partial charge in [0.25, 0.3) is 0 Å². The lowest BCUT2D eigenvalue weighted by atomic mass is 10.1. The number of benzene rings is 3. The number of carbonyl (C=O) groups is 1. The Bertz CT molecular complexity index is 1340. The van der Waals surface area contributed by atoms with E-state index >= 15 is 0 Å². The van der Waals surface area contributed by atoms with Crippen molar-refractivity contribution in [2.45, 2.75) is 27.3 Å². The molecule has 4 aromatic rings. The first-order valence-corrected chi connectivity index (χ1v) is 11.4. The summed E-state index contributed by atoms with van der Waals surface area (Å²) in [5, 5.41) is 7.78. The normalized spacial score (nSPS) is 10.9. The third kappa shape index (κ3) is 4.45. The fourth-order valence-electron chi connectivity index (χ4n) is 3.83. The van der Waals surface area contributed by atoms with Gasteiger partial charge in [-0.15, -0.1) is 0 Å². The molecule has 0 atom stereocenters. The van der Waals surface area contributed by atoms with E-state index in [1.165, 1.54) is 5.56 Å². The van der Waals surface area contributed by atoms with E-state index in [-0.39, 0.29) is 12.5 Å². The molecule has 0 bridgehead atoms. The SMILES string of the molecule is Cc1cc(C)c(NC(=O)Cn2nc(-c3ccccc3Br)n(-c3ccccc3)c2=S)c(C)c1. The number of nitrogens with one attached hydrogen (secondary N) is 1. The molecule has 3 aromatic carbocycles. The van der Waals surface area contributed by atoms with E-state index in [9.17, 15) is 4.79 Å². The molecule has 32 heavy (non-hydrogen) atoms. The summed E-state index contributed by atoms with van der Waals surface area (Å²) in [5.41, 5.74) is 5.85. The van der Waals surface area contributed by atoms with Crippen molar-refractivity contribution >= 4 is 39.7 Å². The van der Waals surface area contributed by atoms with Gasteiger partial charge in [0.05, 0.1) is 0 Å². The minimum atomic E-state index is -0.174. The molecule has 0 aliphatic rings. The Morgan fingerprint density at radius 1 is 1.00 bits per heavy atom. The molecular weight excluding hydrogens is 484 g/mol. The highest BCUT2D eigenvalue weighted by atomic mass is 79.9. The van der Waals surface area contributed by atoms with Gasteiger partial charge < -0.3 is 5.32 Å². The first-order chi connectivity index (χ1) is 15.3. The Morgan fingerprint density at radius 3 is 2.28 bits per heavy atom. The van der Waals surface area contributed by atoms with Crippen LogP contribution in [0.4, 0.5) is 5.69 Å². The number of para-hydroxylation sites is 1. The van der Waals surface area contributed by atoms with Crippen molar-refractivity contribution in [2.75, 3.05) is 5.32 Å². The Morgan fingerprint density at radius 2 is 1.62 bits per heavy atom. The predicted molar refractivity (Wildman–Crippen MR) is 135 cm³/mol. The Balaban J connectivity index is 1.74. The maximum Gasteiger partial charge on any atom is 0.246 e. The summed E-state index contributed by atoms with van der Waals surface area (Å²) in [4.78, 5) is 12.9.